The van der Waals surface area contributed by atoms with Crippen molar-refractivity contribution in [2.75, 3.05) is 10.6 Å². The van der Waals surface area contributed by atoms with E-state index in [0.717, 1.165) is 27.3 Å². The van der Waals surface area contributed by atoms with Crippen LogP contribution >= 0.6 is 23.2 Å². The second-order valence-electron chi connectivity index (χ2n) is 7.35. The predicted molar refractivity (Wildman–Crippen MR) is 120 cm³/mol. The summed E-state index contributed by atoms with van der Waals surface area (Å²) in [6.45, 7) is 9.44. The van der Waals surface area contributed by atoms with Crippen molar-refractivity contribution in [1.82, 2.24) is 5.32 Å². The summed E-state index contributed by atoms with van der Waals surface area (Å²) in [5.74, 6) is -0.434. The van der Waals surface area contributed by atoms with Gasteiger partial charge in [0.25, 0.3) is 0 Å². The van der Waals surface area contributed by atoms with Crippen molar-refractivity contribution < 1.29 is 13.2 Å². The van der Waals surface area contributed by atoms with Gasteiger partial charge in [0.2, 0.25) is 15.9 Å². The molecule has 0 aliphatic heterocycles. The number of hydrogen-bond donors (Lipinski definition) is 1. The predicted octanol–water partition coefficient (Wildman–Crippen LogP) is 4.95. The first-order valence-electron chi connectivity index (χ1n) is 9.15. The number of benzene rings is 2. The van der Waals surface area contributed by atoms with Gasteiger partial charge >= 0.3 is 0 Å². The molecule has 0 heterocycles. The molecule has 0 fully saturated rings. The molecule has 0 saturated carbocycles. The number of sulfonamides is 1. The lowest BCUT2D eigenvalue weighted by molar-refractivity contribution is -0.122. The molecule has 2 atom stereocenters. The third-order valence-electron chi connectivity index (χ3n) is 4.94. The second kappa shape index (κ2) is 8.94. The van der Waals surface area contributed by atoms with Gasteiger partial charge in [-0.15, -0.1) is 0 Å². The Balaban J connectivity index is 2.35. The van der Waals surface area contributed by atoms with Gasteiger partial charge in [-0.05, 0) is 75.1 Å². The summed E-state index contributed by atoms with van der Waals surface area (Å²) in [6, 6.07) is 7.31. The average Bonchev–Trinajstić information content (AvgIpc) is 2.59. The second-order valence-corrected chi connectivity index (χ2v) is 10.1. The Morgan fingerprint density at radius 2 is 1.59 bits per heavy atom. The quantitative estimate of drug-likeness (QED) is 0.668. The van der Waals surface area contributed by atoms with E-state index >= 15 is 0 Å². The molecule has 0 aromatic heterocycles. The highest BCUT2D eigenvalue weighted by atomic mass is 35.5. The molecule has 8 heteroatoms. The summed E-state index contributed by atoms with van der Waals surface area (Å²) in [5.41, 5.74) is 4.52. The monoisotopic (exact) mass is 456 g/mol. The van der Waals surface area contributed by atoms with Crippen molar-refractivity contribution in [3.63, 3.8) is 0 Å². The molecule has 29 heavy (non-hydrogen) atoms. The Bertz CT molecular complexity index is 1040. The maximum absolute atomic E-state index is 13.0. The third kappa shape index (κ3) is 5.44. The molecular formula is C21H26Cl2N2O3S. The van der Waals surface area contributed by atoms with E-state index in [2.05, 4.69) is 11.4 Å². The Morgan fingerprint density at radius 1 is 1.00 bits per heavy atom. The highest BCUT2D eigenvalue weighted by Gasteiger charge is 2.31. The molecular weight excluding hydrogens is 431 g/mol. The van der Waals surface area contributed by atoms with Crippen LogP contribution in [0.15, 0.2) is 30.3 Å². The van der Waals surface area contributed by atoms with Gasteiger partial charge in [0.05, 0.1) is 23.0 Å². The lowest BCUT2D eigenvalue weighted by atomic mass is 9.96. The minimum absolute atomic E-state index is 0.166. The van der Waals surface area contributed by atoms with Crippen molar-refractivity contribution >= 4 is 44.8 Å². The fourth-order valence-corrected chi connectivity index (χ4v) is 4.90. The van der Waals surface area contributed by atoms with E-state index in [4.69, 9.17) is 23.2 Å². The number of nitrogens with zero attached hydrogens (tertiary/aromatic N) is 1. The van der Waals surface area contributed by atoms with E-state index < -0.39 is 22.0 Å². The molecule has 0 saturated heterocycles. The number of halogens is 2. The summed E-state index contributed by atoms with van der Waals surface area (Å²) in [7, 11) is -3.79. The van der Waals surface area contributed by atoms with Gasteiger partial charge in [-0.25, -0.2) is 8.42 Å². The maximum Gasteiger partial charge on any atom is 0.244 e. The summed E-state index contributed by atoms with van der Waals surface area (Å²) < 4.78 is 26.0. The van der Waals surface area contributed by atoms with Gasteiger partial charge in [0, 0.05) is 5.02 Å². The van der Waals surface area contributed by atoms with Crippen LogP contribution < -0.4 is 9.62 Å². The number of anilines is 1. The molecule has 0 aliphatic rings. The molecule has 0 spiro atoms. The number of carbonyl (C=O) groups excluding carboxylic acids is 1. The average molecular weight is 457 g/mol. The molecule has 158 valence electrons. The minimum atomic E-state index is -3.79. The smallest absolute Gasteiger partial charge is 0.244 e. The van der Waals surface area contributed by atoms with Crippen LogP contribution in [0.1, 0.15) is 42.1 Å². The number of aryl methyl sites for hydroxylation is 3. The zero-order chi connectivity index (χ0) is 22.1. The van der Waals surface area contributed by atoms with Crippen LogP contribution in [0.2, 0.25) is 10.0 Å². The topological polar surface area (TPSA) is 66.5 Å². The van der Waals surface area contributed by atoms with Crippen LogP contribution in [0.25, 0.3) is 0 Å². The first-order chi connectivity index (χ1) is 13.3. The number of nitrogens with one attached hydrogen (secondary N) is 1. The van der Waals surface area contributed by atoms with Crippen molar-refractivity contribution in [1.29, 1.82) is 0 Å². The Morgan fingerprint density at radius 3 is 2.17 bits per heavy atom. The van der Waals surface area contributed by atoms with Crippen LogP contribution in [0.3, 0.4) is 0 Å². The zero-order valence-electron chi connectivity index (χ0n) is 17.4. The van der Waals surface area contributed by atoms with Crippen molar-refractivity contribution in [2.45, 2.75) is 46.7 Å². The van der Waals surface area contributed by atoms with Crippen LogP contribution in [0, 0.1) is 20.8 Å². The SMILES string of the molecule is Cc1cc(C)c([C@H](C)NC(=O)[C@@H](C)N(c2cc(Cl)ccc2Cl)S(C)(=O)=O)cc1C. The van der Waals surface area contributed by atoms with Gasteiger partial charge < -0.3 is 5.32 Å². The van der Waals surface area contributed by atoms with Crippen LogP contribution in [-0.4, -0.2) is 26.6 Å². The lowest BCUT2D eigenvalue weighted by Gasteiger charge is -2.30. The summed E-state index contributed by atoms with van der Waals surface area (Å²) in [6.07, 6.45) is 1.03. The first kappa shape index (κ1) is 23.5. The van der Waals surface area contributed by atoms with Gasteiger partial charge in [0.1, 0.15) is 6.04 Å². The summed E-state index contributed by atoms with van der Waals surface area (Å²) in [4.78, 5) is 13.0. The molecule has 5 nitrogen and oxygen atoms in total. The number of rotatable bonds is 6. The van der Waals surface area contributed by atoms with Crippen molar-refractivity contribution in [3.8, 4) is 0 Å². The van der Waals surface area contributed by atoms with Crippen LogP contribution in [0.4, 0.5) is 5.69 Å². The maximum atomic E-state index is 13.0. The Kier molecular flexibility index (Phi) is 7.25. The first-order valence-corrected chi connectivity index (χ1v) is 11.8. The highest BCUT2D eigenvalue weighted by molar-refractivity contribution is 7.92. The molecule has 0 radical (unpaired) electrons. The fourth-order valence-electron chi connectivity index (χ4n) is 3.30. The molecule has 0 aliphatic carbocycles. The number of carbonyl (C=O) groups is 1. The Hall–Kier alpha value is -1.76. The summed E-state index contributed by atoms with van der Waals surface area (Å²) in [5, 5.41) is 3.43. The van der Waals surface area contributed by atoms with Gasteiger partial charge in [-0.3, -0.25) is 9.10 Å². The number of amides is 1. The molecule has 2 aromatic rings. The standard InChI is InChI=1S/C21H26Cl2N2O3S/c1-12-9-14(3)18(10-13(12)2)15(4)24-21(26)16(5)25(29(6,27)28)20-11-17(22)7-8-19(20)23/h7-11,15-16H,1-6H3,(H,24,26)/t15-,16+/m0/s1. The molecule has 2 rings (SSSR count). The van der Waals surface area contributed by atoms with Crippen LogP contribution in [0.5, 0.6) is 0 Å². The van der Waals surface area contributed by atoms with E-state index in [-0.39, 0.29) is 16.8 Å². The zero-order valence-corrected chi connectivity index (χ0v) is 19.7. The lowest BCUT2D eigenvalue weighted by Crippen LogP contribution is -2.48. The molecule has 1 amide bonds. The molecule has 1 N–H and O–H groups in total. The molecule has 0 unspecified atom stereocenters. The third-order valence-corrected chi connectivity index (χ3v) is 6.72. The van der Waals surface area contributed by atoms with Crippen LogP contribution in [-0.2, 0) is 14.8 Å². The highest BCUT2D eigenvalue weighted by Crippen LogP contribution is 2.32. The van der Waals surface area contributed by atoms with Crippen molar-refractivity contribution in [3.05, 3.63) is 62.6 Å². The summed E-state index contributed by atoms with van der Waals surface area (Å²) >= 11 is 12.2. The van der Waals surface area contributed by atoms with E-state index in [9.17, 15) is 13.2 Å². The van der Waals surface area contributed by atoms with Gasteiger partial charge in [-0.1, -0.05) is 35.3 Å². The Labute approximate surface area is 183 Å². The minimum Gasteiger partial charge on any atom is -0.348 e. The normalized spacial score (nSPS) is 13.7. The molecule has 2 aromatic carbocycles. The van der Waals surface area contributed by atoms with E-state index in [1.807, 2.05) is 33.8 Å². The fraction of sp³-hybridized carbons (Fsp3) is 0.381. The van der Waals surface area contributed by atoms with E-state index in [0.29, 0.717) is 5.02 Å². The van der Waals surface area contributed by atoms with Gasteiger partial charge in [-0.2, -0.15) is 0 Å². The number of hydrogen-bond acceptors (Lipinski definition) is 3. The largest absolute Gasteiger partial charge is 0.348 e. The van der Waals surface area contributed by atoms with E-state index in [1.54, 1.807) is 6.07 Å². The van der Waals surface area contributed by atoms with Crippen molar-refractivity contribution in [2.24, 2.45) is 0 Å². The van der Waals surface area contributed by atoms with E-state index in [1.165, 1.54) is 24.6 Å². The van der Waals surface area contributed by atoms with Gasteiger partial charge in [0.15, 0.2) is 0 Å². The molecule has 0 bridgehead atoms.